The number of H-pyrrole nitrogens is 1. The summed E-state index contributed by atoms with van der Waals surface area (Å²) in [6, 6.07) is 12.6. The topological polar surface area (TPSA) is 99.1 Å². The van der Waals surface area contributed by atoms with Crippen LogP contribution in [-0.4, -0.2) is 45.8 Å². The van der Waals surface area contributed by atoms with Crippen LogP contribution in [0.3, 0.4) is 0 Å². The Bertz CT molecular complexity index is 1030. The van der Waals surface area contributed by atoms with Gasteiger partial charge < -0.3 is 14.6 Å². The van der Waals surface area contributed by atoms with E-state index in [-0.39, 0.29) is 6.10 Å². The van der Waals surface area contributed by atoms with Crippen molar-refractivity contribution in [2.24, 2.45) is 0 Å². The third-order valence-corrected chi connectivity index (χ3v) is 4.32. The lowest BCUT2D eigenvalue weighted by atomic mass is 10.1. The number of pyridine rings is 1. The molecule has 7 nitrogen and oxygen atoms in total. The molecule has 26 heavy (non-hydrogen) atoms. The largest absolute Gasteiger partial charge is 0.471 e. The van der Waals surface area contributed by atoms with Gasteiger partial charge in [-0.15, -0.1) is 0 Å². The van der Waals surface area contributed by atoms with E-state index in [4.69, 9.17) is 10.00 Å². The molecule has 1 saturated heterocycles. The number of ketones is 1. The summed E-state index contributed by atoms with van der Waals surface area (Å²) in [5.41, 5.74) is 1.65. The Kier molecular flexibility index (Phi) is 3.86. The van der Waals surface area contributed by atoms with Crippen molar-refractivity contribution >= 4 is 22.6 Å². The number of carbonyl (C=O) groups excluding carboxylic acids is 2. The normalized spacial score (nSPS) is 13.9. The molecule has 0 spiro atoms. The van der Waals surface area contributed by atoms with E-state index < -0.39 is 11.7 Å². The minimum atomic E-state index is -0.539. The van der Waals surface area contributed by atoms with Crippen LogP contribution < -0.4 is 4.74 Å². The molecule has 128 valence electrons. The van der Waals surface area contributed by atoms with Gasteiger partial charge in [0.1, 0.15) is 12.2 Å². The minimum absolute atomic E-state index is 0.213. The molecule has 1 fully saturated rings. The van der Waals surface area contributed by atoms with Crippen LogP contribution in [0, 0.1) is 11.3 Å². The van der Waals surface area contributed by atoms with Crippen molar-refractivity contribution in [3.63, 3.8) is 0 Å². The highest BCUT2D eigenvalue weighted by Gasteiger charge is 2.36. The van der Waals surface area contributed by atoms with Gasteiger partial charge >= 0.3 is 0 Å². The fourth-order valence-electron chi connectivity index (χ4n) is 2.88. The summed E-state index contributed by atoms with van der Waals surface area (Å²) in [4.78, 5) is 33.4. The second-order valence-corrected chi connectivity index (χ2v) is 6.02. The molecule has 7 heteroatoms. The predicted molar refractivity (Wildman–Crippen MR) is 92.6 cm³/mol. The zero-order valence-corrected chi connectivity index (χ0v) is 13.7. The second-order valence-electron chi connectivity index (χ2n) is 6.02. The maximum Gasteiger partial charge on any atom is 0.295 e. The summed E-state index contributed by atoms with van der Waals surface area (Å²) in [6.07, 6.45) is 2.78. The number of fused-ring (bicyclic) bond motifs is 1. The van der Waals surface area contributed by atoms with Crippen molar-refractivity contribution < 1.29 is 14.3 Å². The fraction of sp³-hybridized carbons (Fsp3) is 0.158. The van der Waals surface area contributed by atoms with E-state index in [0.29, 0.717) is 30.1 Å². The number of para-hydroxylation sites is 1. The molecule has 0 aliphatic carbocycles. The van der Waals surface area contributed by atoms with Crippen LogP contribution in [0.25, 0.3) is 10.9 Å². The molecule has 1 aromatic carbocycles. The molecule has 1 aliphatic rings. The smallest absolute Gasteiger partial charge is 0.295 e. The molecule has 1 aliphatic heterocycles. The number of hydrogen-bond acceptors (Lipinski definition) is 5. The average Bonchev–Trinajstić information content (AvgIpc) is 3.08. The van der Waals surface area contributed by atoms with Crippen molar-refractivity contribution in [1.29, 1.82) is 5.26 Å². The van der Waals surface area contributed by atoms with Gasteiger partial charge in [-0.05, 0) is 12.1 Å². The van der Waals surface area contributed by atoms with E-state index in [0.717, 1.165) is 10.9 Å². The molecule has 2 aromatic heterocycles. The van der Waals surface area contributed by atoms with E-state index in [1.807, 2.05) is 30.3 Å². The summed E-state index contributed by atoms with van der Waals surface area (Å²) >= 11 is 0. The Morgan fingerprint density at radius 1 is 1.23 bits per heavy atom. The highest BCUT2D eigenvalue weighted by Crippen LogP contribution is 2.21. The standard InChI is InChI=1S/C19H14N4O3/c20-7-12-5-6-17(22-8-12)26-13-10-23(11-13)19(25)18(24)15-9-21-16-4-2-1-3-14(15)16/h1-6,8-9,13,21H,10-11H2. The number of rotatable bonds is 4. The number of nitriles is 1. The van der Waals surface area contributed by atoms with Gasteiger partial charge in [0.25, 0.3) is 11.7 Å². The molecule has 3 heterocycles. The number of amides is 1. The van der Waals surface area contributed by atoms with E-state index in [9.17, 15) is 9.59 Å². The second kappa shape index (κ2) is 6.33. The third-order valence-electron chi connectivity index (χ3n) is 4.32. The minimum Gasteiger partial charge on any atom is -0.471 e. The molecule has 1 amide bonds. The van der Waals surface area contributed by atoms with Crippen LogP contribution in [0.5, 0.6) is 5.88 Å². The maximum atomic E-state index is 12.5. The first-order valence-electron chi connectivity index (χ1n) is 8.08. The first-order valence-corrected chi connectivity index (χ1v) is 8.08. The lowest BCUT2D eigenvalue weighted by Crippen LogP contribution is -2.57. The number of benzene rings is 1. The Morgan fingerprint density at radius 2 is 2.04 bits per heavy atom. The summed E-state index contributed by atoms with van der Waals surface area (Å²) in [5.74, 6) is -0.677. The number of ether oxygens (including phenoxy) is 1. The summed E-state index contributed by atoms with van der Waals surface area (Å²) in [6.45, 7) is 0.656. The van der Waals surface area contributed by atoms with Gasteiger partial charge in [-0.25, -0.2) is 4.98 Å². The van der Waals surface area contributed by atoms with Crippen molar-refractivity contribution in [2.75, 3.05) is 13.1 Å². The van der Waals surface area contributed by atoms with Gasteiger partial charge in [0.15, 0.2) is 0 Å². The Morgan fingerprint density at radius 3 is 2.77 bits per heavy atom. The van der Waals surface area contributed by atoms with Crippen LogP contribution in [0.4, 0.5) is 0 Å². The molecule has 1 N–H and O–H groups in total. The number of carbonyl (C=O) groups is 2. The molecule has 3 aromatic rings. The maximum absolute atomic E-state index is 12.5. The van der Waals surface area contributed by atoms with Crippen molar-refractivity contribution in [1.82, 2.24) is 14.9 Å². The van der Waals surface area contributed by atoms with Gasteiger partial charge in [-0.3, -0.25) is 9.59 Å². The number of nitrogens with one attached hydrogen (secondary N) is 1. The number of Topliss-reactive ketones (excluding diaryl/α,β-unsaturated/α-hetero) is 1. The SMILES string of the molecule is N#Cc1ccc(OC2CN(C(=O)C(=O)c3c[nH]c4ccccc34)C2)nc1. The van der Waals surface area contributed by atoms with Crippen molar-refractivity contribution in [3.8, 4) is 11.9 Å². The van der Waals surface area contributed by atoms with Gasteiger partial charge in [0.2, 0.25) is 5.88 Å². The Labute approximate surface area is 148 Å². The van der Waals surface area contributed by atoms with Crippen molar-refractivity contribution in [3.05, 3.63) is 59.9 Å². The fourth-order valence-corrected chi connectivity index (χ4v) is 2.88. The molecular weight excluding hydrogens is 332 g/mol. The van der Waals surface area contributed by atoms with E-state index in [2.05, 4.69) is 9.97 Å². The van der Waals surface area contributed by atoms with Crippen molar-refractivity contribution in [2.45, 2.75) is 6.10 Å². The zero-order valence-electron chi connectivity index (χ0n) is 13.7. The van der Waals surface area contributed by atoms with E-state index >= 15 is 0 Å². The molecule has 0 unspecified atom stereocenters. The first kappa shape index (κ1) is 15.8. The highest BCUT2D eigenvalue weighted by molar-refractivity contribution is 6.45. The van der Waals surface area contributed by atoms with Gasteiger partial charge in [-0.1, -0.05) is 18.2 Å². The van der Waals surface area contributed by atoms with Gasteiger partial charge in [0, 0.05) is 29.4 Å². The number of likely N-dealkylation sites (tertiary alicyclic amines) is 1. The van der Waals surface area contributed by atoms with E-state index in [1.54, 1.807) is 18.3 Å². The Balaban J connectivity index is 1.38. The number of aromatic nitrogens is 2. The quantitative estimate of drug-likeness (QED) is 0.575. The lowest BCUT2D eigenvalue weighted by molar-refractivity contribution is -0.134. The predicted octanol–water partition coefficient (Wildman–Crippen LogP) is 1.91. The number of aromatic amines is 1. The van der Waals surface area contributed by atoms with Crippen LogP contribution in [0.15, 0.2) is 48.8 Å². The van der Waals surface area contributed by atoms with Crippen LogP contribution >= 0.6 is 0 Å². The number of nitrogens with zero attached hydrogens (tertiary/aromatic N) is 3. The average molecular weight is 346 g/mol. The summed E-state index contributed by atoms with van der Waals surface area (Å²) in [7, 11) is 0. The highest BCUT2D eigenvalue weighted by atomic mass is 16.5. The zero-order chi connectivity index (χ0) is 18.1. The van der Waals surface area contributed by atoms with Crippen LogP contribution in [0.1, 0.15) is 15.9 Å². The van der Waals surface area contributed by atoms with Gasteiger partial charge in [-0.2, -0.15) is 5.26 Å². The van der Waals surface area contributed by atoms with E-state index in [1.165, 1.54) is 11.1 Å². The molecular formula is C19H14N4O3. The van der Waals surface area contributed by atoms with Gasteiger partial charge in [0.05, 0.1) is 24.2 Å². The van der Waals surface area contributed by atoms with Crippen LogP contribution in [0.2, 0.25) is 0 Å². The third kappa shape index (κ3) is 2.78. The molecule has 0 atom stereocenters. The first-order chi connectivity index (χ1) is 12.7. The molecule has 4 rings (SSSR count). The molecule has 0 saturated carbocycles. The monoisotopic (exact) mass is 346 g/mol. The number of hydrogen-bond donors (Lipinski definition) is 1. The molecule has 0 radical (unpaired) electrons. The lowest BCUT2D eigenvalue weighted by Gasteiger charge is -2.38. The Hall–Kier alpha value is -3.66. The molecule has 0 bridgehead atoms. The summed E-state index contributed by atoms with van der Waals surface area (Å²) < 4.78 is 5.64. The summed E-state index contributed by atoms with van der Waals surface area (Å²) in [5, 5.41) is 9.49. The van der Waals surface area contributed by atoms with Crippen LogP contribution in [-0.2, 0) is 4.79 Å².